The average molecular weight is 624 g/mol. The van der Waals surface area contributed by atoms with Crippen LogP contribution in [0.4, 0.5) is 11.4 Å². The molecule has 1 amide bonds. The van der Waals surface area contributed by atoms with E-state index in [2.05, 4.69) is 55.3 Å². The minimum Gasteiger partial charge on any atom is -0.366 e. The number of H-pyrrole nitrogens is 1. The number of fused-ring (bicyclic) bond motifs is 2. The van der Waals surface area contributed by atoms with Crippen LogP contribution in [0.1, 0.15) is 59.6 Å². The van der Waals surface area contributed by atoms with Crippen LogP contribution in [0.3, 0.4) is 0 Å². The van der Waals surface area contributed by atoms with Crippen LogP contribution in [0, 0.1) is 5.92 Å². The van der Waals surface area contributed by atoms with Crippen LogP contribution in [-0.2, 0) is 9.53 Å². The number of imidazole rings is 1. The molecular weight excluding hydrogens is 578 g/mol. The number of pyridine rings is 2. The monoisotopic (exact) mass is 623 g/mol. The van der Waals surface area contributed by atoms with Crippen LogP contribution in [-0.4, -0.2) is 80.4 Å². The second-order valence-corrected chi connectivity index (χ2v) is 12.4. The van der Waals surface area contributed by atoms with E-state index in [9.17, 15) is 4.79 Å². The first-order chi connectivity index (χ1) is 22.4. The standard InChI is InChI=1S/C33H39N9O2.C2H6/c1-21(2)14-29(43)36-24-15-23(17-34-18-24)22-7-8-27-25(16-22)31(39-42(27)30-6-4-5-13-44-30)33-37-26-19-35-20-28(32(26)38-33)41-11-9-40(3)10-12-41;1-2/h7-8,15-21,30H,4-6,9-14H2,1-3H3,(H,36,43)(H,37,38);1-2H3. The Bertz CT molecular complexity index is 1800. The lowest BCUT2D eigenvalue weighted by Crippen LogP contribution is -2.44. The number of aromatic nitrogens is 6. The minimum atomic E-state index is -0.126. The van der Waals surface area contributed by atoms with Gasteiger partial charge in [0, 0.05) is 56.4 Å². The van der Waals surface area contributed by atoms with Gasteiger partial charge in [0.1, 0.15) is 11.2 Å². The zero-order chi connectivity index (χ0) is 32.2. The van der Waals surface area contributed by atoms with Crippen LogP contribution in [0.25, 0.3) is 44.6 Å². The number of likely N-dealkylation sites (N-methyl/N-ethyl adjacent to an activating group) is 1. The highest BCUT2D eigenvalue weighted by molar-refractivity contribution is 5.98. The fourth-order valence-corrected chi connectivity index (χ4v) is 6.19. The van der Waals surface area contributed by atoms with Crippen molar-refractivity contribution in [3.8, 4) is 22.6 Å². The molecule has 5 aromatic rings. The van der Waals surface area contributed by atoms with Gasteiger partial charge >= 0.3 is 0 Å². The third kappa shape index (κ3) is 6.61. The Hall–Kier alpha value is -4.35. The Labute approximate surface area is 270 Å². The summed E-state index contributed by atoms with van der Waals surface area (Å²) in [7, 11) is 2.16. The second kappa shape index (κ2) is 14.0. The molecule has 2 aliphatic heterocycles. The van der Waals surface area contributed by atoms with Crippen molar-refractivity contribution in [1.82, 2.24) is 34.6 Å². The third-order valence-corrected chi connectivity index (χ3v) is 8.53. The molecule has 0 radical (unpaired) electrons. The van der Waals surface area contributed by atoms with E-state index in [-0.39, 0.29) is 18.1 Å². The van der Waals surface area contributed by atoms with Gasteiger partial charge in [-0.2, -0.15) is 5.10 Å². The van der Waals surface area contributed by atoms with E-state index < -0.39 is 0 Å². The minimum absolute atomic E-state index is 0.0132. The molecule has 0 bridgehead atoms. The molecular formula is C35H45N9O2. The number of ether oxygens (including phenoxy) is 1. The SMILES string of the molecule is CC.CC(C)CC(=O)Nc1cncc(-c2ccc3c(c2)c(-c2nc4c(N5CCN(C)CC5)cncc4[nH]2)nn3C2CCCCO2)c1. The molecule has 46 heavy (non-hydrogen) atoms. The molecule has 2 aliphatic rings. The Morgan fingerprint density at radius 2 is 1.83 bits per heavy atom. The zero-order valence-corrected chi connectivity index (χ0v) is 27.6. The van der Waals surface area contributed by atoms with Crippen molar-refractivity contribution >= 4 is 39.2 Å². The van der Waals surface area contributed by atoms with Crippen molar-refractivity contribution in [1.29, 1.82) is 0 Å². The van der Waals surface area contributed by atoms with E-state index in [4.69, 9.17) is 14.8 Å². The molecule has 11 nitrogen and oxygen atoms in total. The van der Waals surface area contributed by atoms with Gasteiger partial charge in [-0.25, -0.2) is 9.67 Å². The molecule has 1 aromatic carbocycles. The molecule has 2 saturated heterocycles. The number of carbonyl (C=O) groups excluding carboxylic acids is 1. The van der Waals surface area contributed by atoms with Crippen LogP contribution < -0.4 is 10.2 Å². The number of rotatable bonds is 7. The van der Waals surface area contributed by atoms with Gasteiger partial charge < -0.3 is 24.8 Å². The molecule has 242 valence electrons. The highest BCUT2D eigenvalue weighted by Gasteiger charge is 2.25. The van der Waals surface area contributed by atoms with Gasteiger partial charge in [0.15, 0.2) is 12.1 Å². The fourth-order valence-electron chi connectivity index (χ4n) is 6.19. The number of hydrogen-bond donors (Lipinski definition) is 2. The second-order valence-electron chi connectivity index (χ2n) is 12.4. The van der Waals surface area contributed by atoms with Crippen LogP contribution in [0.5, 0.6) is 0 Å². The lowest BCUT2D eigenvalue weighted by atomic mass is 10.0. The summed E-state index contributed by atoms with van der Waals surface area (Å²) in [6.45, 7) is 12.7. The molecule has 4 aromatic heterocycles. The van der Waals surface area contributed by atoms with Crippen LogP contribution >= 0.6 is 0 Å². The number of piperazine rings is 1. The van der Waals surface area contributed by atoms with E-state index >= 15 is 0 Å². The quantitative estimate of drug-likeness (QED) is 0.211. The van der Waals surface area contributed by atoms with Gasteiger partial charge in [0.05, 0.1) is 41.0 Å². The smallest absolute Gasteiger partial charge is 0.224 e. The summed E-state index contributed by atoms with van der Waals surface area (Å²) in [4.78, 5) is 34.8. The Balaban J connectivity index is 0.00000182. The van der Waals surface area contributed by atoms with Gasteiger partial charge in [0.25, 0.3) is 0 Å². The largest absolute Gasteiger partial charge is 0.366 e. The molecule has 11 heteroatoms. The van der Waals surface area contributed by atoms with Crippen LogP contribution in [0.2, 0.25) is 0 Å². The summed E-state index contributed by atoms with van der Waals surface area (Å²) in [6, 6.07) is 8.29. The fraction of sp³-hybridized carbons (Fsp3) is 0.457. The predicted octanol–water partition coefficient (Wildman–Crippen LogP) is 6.50. The highest BCUT2D eigenvalue weighted by atomic mass is 16.5. The molecule has 7 rings (SSSR count). The molecule has 0 saturated carbocycles. The summed E-state index contributed by atoms with van der Waals surface area (Å²) in [6.07, 6.45) is 10.7. The first kappa shape index (κ1) is 31.6. The van der Waals surface area contributed by atoms with Gasteiger partial charge in [-0.1, -0.05) is 33.8 Å². The number of nitrogens with zero attached hydrogens (tertiary/aromatic N) is 7. The Kier molecular flexibility index (Phi) is 9.60. The van der Waals surface area contributed by atoms with Gasteiger partial charge in [-0.15, -0.1) is 0 Å². The summed E-state index contributed by atoms with van der Waals surface area (Å²) in [5.41, 5.74) is 7.16. The summed E-state index contributed by atoms with van der Waals surface area (Å²) in [5, 5.41) is 9.10. The molecule has 2 N–H and O–H groups in total. The normalized spacial score (nSPS) is 17.3. The van der Waals surface area contributed by atoms with Crippen molar-refractivity contribution in [2.75, 3.05) is 50.1 Å². The highest BCUT2D eigenvalue weighted by Crippen LogP contribution is 2.36. The van der Waals surface area contributed by atoms with E-state index in [0.29, 0.717) is 17.9 Å². The van der Waals surface area contributed by atoms with Crippen molar-refractivity contribution in [3.05, 3.63) is 49.1 Å². The lowest BCUT2D eigenvalue weighted by molar-refractivity contribution is -0.116. The van der Waals surface area contributed by atoms with Gasteiger partial charge in [0.2, 0.25) is 5.91 Å². The van der Waals surface area contributed by atoms with Crippen molar-refractivity contribution in [2.24, 2.45) is 5.92 Å². The van der Waals surface area contributed by atoms with Crippen molar-refractivity contribution in [3.63, 3.8) is 0 Å². The van der Waals surface area contributed by atoms with Gasteiger partial charge in [-0.3, -0.25) is 14.8 Å². The maximum Gasteiger partial charge on any atom is 0.224 e. The number of aromatic amines is 1. The predicted molar refractivity (Wildman–Crippen MR) is 184 cm³/mol. The summed E-state index contributed by atoms with van der Waals surface area (Å²) < 4.78 is 8.20. The number of hydrogen-bond acceptors (Lipinski definition) is 8. The average Bonchev–Trinajstić information content (AvgIpc) is 3.68. The van der Waals surface area contributed by atoms with E-state index in [1.807, 2.05) is 57.0 Å². The van der Waals surface area contributed by atoms with Crippen LogP contribution in [0.15, 0.2) is 49.1 Å². The Morgan fingerprint density at radius 3 is 2.59 bits per heavy atom. The first-order valence-corrected chi connectivity index (χ1v) is 16.6. The van der Waals surface area contributed by atoms with Gasteiger partial charge in [-0.05, 0) is 56.0 Å². The summed E-state index contributed by atoms with van der Waals surface area (Å²) in [5.74, 6) is 0.969. The number of anilines is 2. The summed E-state index contributed by atoms with van der Waals surface area (Å²) >= 11 is 0. The number of benzene rings is 1. The molecule has 1 unspecified atom stereocenters. The number of carbonyl (C=O) groups is 1. The van der Waals surface area contributed by atoms with E-state index in [1.54, 1.807) is 6.20 Å². The van der Waals surface area contributed by atoms with Crippen molar-refractivity contribution < 1.29 is 9.53 Å². The molecule has 0 aliphatic carbocycles. The third-order valence-electron chi connectivity index (χ3n) is 8.53. The van der Waals surface area contributed by atoms with E-state index in [1.165, 1.54) is 0 Å². The van der Waals surface area contributed by atoms with E-state index in [0.717, 1.165) is 96.5 Å². The molecule has 1 atom stereocenters. The maximum absolute atomic E-state index is 12.4. The lowest BCUT2D eigenvalue weighted by Gasteiger charge is -2.33. The Morgan fingerprint density at radius 1 is 1.02 bits per heavy atom. The number of nitrogens with one attached hydrogen (secondary N) is 2. The zero-order valence-electron chi connectivity index (χ0n) is 27.6. The molecule has 6 heterocycles. The molecule has 0 spiro atoms. The number of amides is 1. The topological polar surface area (TPSA) is 117 Å². The van der Waals surface area contributed by atoms with Crippen molar-refractivity contribution in [2.45, 2.75) is 59.6 Å². The molecule has 2 fully saturated rings. The first-order valence-electron chi connectivity index (χ1n) is 16.6. The maximum atomic E-state index is 12.4.